The van der Waals surface area contributed by atoms with Gasteiger partial charge in [-0.1, -0.05) is 0 Å². The third-order valence-electron chi connectivity index (χ3n) is 2.06. The fourth-order valence-electron chi connectivity index (χ4n) is 1.02. The first kappa shape index (κ1) is 7.98. The first-order valence-corrected chi connectivity index (χ1v) is 4.73. The predicted molar refractivity (Wildman–Crippen MR) is 51.0 cm³/mol. The smallest absolute Gasteiger partial charge is 0.130 e. The third-order valence-corrected chi connectivity index (χ3v) is 2.50. The van der Waals surface area contributed by atoms with Gasteiger partial charge in [-0.2, -0.15) is 0 Å². The van der Waals surface area contributed by atoms with Crippen LogP contribution in [0.4, 0.5) is 5.82 Å². The molecule has 0 aliphatic heterocycles. The maximum Gasteiger partial charge on any atom is 0.130 e. The standard InChI is InChI=1S/C8H10BrN3/c1-8(2-3-8)12-7-4-6(9)10-5-11-7/h4-5H,2-3H2,1H3,(H,10,11,12). The minimum absolute atomic E-state index is 0.286. The van der Waals surface area contributed by atoms with E-state index in [1.54, 1.807) is 6.33 Å². The Kier molecular flexibility index (Phi) is 1.79. The second-order valence-electron chi connectivity index (χ2n) is 3.41. The van der Waals surface area contributed by atoms with Crippen LogP contribution in [0.3, 0.4) is 0 Å². The molecule has 0 amide bonds. The molecule has 1 N–H and O–H groups in total. The Morgan fingerprint density at radius 1 is 1.50 bits per heavy atom. The summed E-state index contributed by atoms with van der Waals surface area (Å²) in [6, 6.07) is 1.89. The Hall–Kier alpha value is -0.640. The molecule has 1 fully saturated rings. The zero-order chi connectivity index (χ0) is 8.60. The van der Waals surface area contributed by atoms with Crippen molar-refractivity contribution in [3.63, 3.8) is 0 Å². The molecule has 1 aromatic heterocycles. The van der Waals surface area contributed by atoms with Crippen LogP contribution in [0, 0.1) is 0 Å². The Morgan fingerprint density at radius 3 is 2.83 bits per heavy atom. The van der Waals surface area contributed by atoms with E-state index in [0.717, 1.165) is 10.4 Å². The summed E-state index contributed by atoms with van der Waals surface area (Å²) in [6.45, 7) is 2.20. The van der Waals surface area contributed by atoms with Crippen LogP contribution in [0.5, 0.6) is 0 Å². The van der Waals surface area contributed by atoms with Crippen molar-refractivity contribution in [3.05, 3.63) is 17.0 Å². The molecule has 1 aliphatic carbocycles. The largest absolute Gasteiger partial charge is 0.365 e. The zero-order valence-corrected chi connectivity index (χ0v) is 8.43. The normalized spacial score (nSPS) is 18.8. The Morgan fingerprint density at radius 2 is 2.25 bits per heavy atom. The highest BCUT2D eigenvalue weighted by Gasteiger charge is 2.37. The second kappa shape index (κ2) is 2.69. The summed E-state index contributed by atoms with van der Waals surface area (Å²) in [5.74, 6) is 0.900. The minimum Gasteiger partial charge on any atom is -0.365 e. The topological polar surface area (TPSA) is 37.8 Å². The van der Waals surface area contributed by atoms with Gasteiger partial charge in [-0.05, 0) is 35.7 Å². The number of aromatic nitrogens is 2. The van der Waals surface area contributed by atoms with Crippen LogP contribution in [0.1, 0.15) is 19.8 Å². The molecule has 3 nitrogen and oxygen atoms in total. The number of rotatable bonds is 2. The Balaban J connectivity index is 2.12. The first-order valence-electron chi connectivity index (χ1n) is 3.94. The van der Waals surface area contributed by atoms with Gasteiger partial charge >= 0.3 is 0 Å². The van der Waals surface area contributed by atoms with Crippen LogP contribution in [-0.4, -0.2) is 15.5 Å². The summed E-state index contributed by atoms with van der Waals surface area (Å²) in [5.41, 5.74) is 0.286. The van der Waals surface area contributed by atoms with Crippen LogP contribution in [0.15, 0.2) is 17.0 Å². The van der Waals surface area contributed by atoms with Crippen molar-refractivity contribution in [2.45, 2.75) is 25.3 Å². The van der Waals surface area contributed by atoms with Crippen LogP contribution in [0.2, 0.25) is 0 Å². The van der Waals surface area contributed by atoms with Gasteiger partial charge in [0.2, 0.25) is 0 Å². The molecule has 0 radical (unpaired) electrons. The van der Waals surface area contributed by atoms with E-state index in [2.05, 4.69) is 38.1 Å². The van der Waals surface area contributed by atoms with Crippen molar-refractivity contribution >= 4 is 21.7 Å². The van der Waals surface area contributed by atoms with Gasteiger partial charge in [-0.3, -0.25) is 0 Å². The van der Waals surface area contributed by atoms with Gasteiger partial charge < -0.3 is 5.32 Å². The summed E-state index contributed by atoms with van der Waals surface area (Å²) < 4.78 is 0.823. The fraction of sp³-hybridized carbons (Fsp3) is 0.500. The lowest BCUT2D eigenvalue weighted by Crippen LogP contribution is -2.16. The second-order valence-corrected chi connectivity index (χ2v) is 4.22. The molecule has 1 aromatic rings. The molecule has 0 atom stereocenters. The van der Waals surface area contributed by atoms with Crippen molar-refractivity contribution in [3.8, 4) is 0 Å². The molecule has 1 aliphatic rings. The number of hydrogen-bond donors (Lipinski definition) is 1. The monoisotopic (exact) mass is 227 g/mol. The molecule has 0 unspecified atom stereocenters. The van der Waals surface area contributed by atoms with E-state index >= 15 is 0 Å². The quantitative estimate of drug-likeness (QED) is 0.788. The van der Waals surface area contributed by atoms with Gasteiger partial charge in [0, 0.05) is 11.6 Å². The Bertz CT molecular complexity index is 296. The summed E-state index contributed by atoms with van der Waals surface area (Å²) >= 11 is 3.30. The highest BCUT2D eigenvalue weighted by molar-refractivity contribution is 9.10. The van der Waals surface area contributed by atoms with Crippen LogP contribution in [0.25, 0.3) is 0 Å². The Labute approximate surface area is 79.7 Å². The van der Waals surface area contributed by atoms with Gasteiger partial charge in [0.15, 0.2) is 0 Å². The molecule has 1 saturated carbocycles. The summed E-state index contributed by atoms with van der Waals surface area (Å²) in [5, 5.41) is 3.35. The van der Waals surface area contributed by atoms with Crippen molar-refractivity contribution in [1.29, 1.82) is 0 Å². The van der Waals surface area contributed by atoms with Crippen molar-refractivity contribution in [2.75, 3.05) is 5.32 Å². The van der Waals surface area contributed by atoms with Crippen LogP contribution in [-0.2, 0) is 0 Å². The molecule has 0 saturated heterocycles. The van der Waals surface area contributed by atoms with E-state index in [1.807, 2.05) is 6.07 Å². The van der Waals surface area contributed by atoms with E-state index < -0.39 is 0 Å². The fourth-order valence-corrected chi connectivity index (χ4v) is 1.33. The molecule has 2 rings (SSSR count). The third kappa shape index (κ3) is 1.75. The molecule has 0 bridgehead atoms. The SMILES string of the molecule is CC1(Nc2cc(Br)ncn2)CC1. The molecule has 0 spiro atoms. The summed E-state index contributed by atoms with van der Waals surface area (Å²) in [7, 11) is 0. The lowest BCUT2D eigenvalue weighted by molar-refractivity contribution is 0.818. The number of hydrogen-bond acceptors (Lipinski definition) is 3. The van der Waals surface area contributed by atoms with Crippen molar-refractivity contribution in [1.82, 2.24) is 9.97 Å². The maximum absolute atomic E-state index is 4.11. The predicted octanol–water partition coefficient (Wildman–Crippen LogP) is 2.20. The van der Waals surface area contributed by atoms with Crippen molar-refractivity contribution < 1.29 is 0 Å². The average molecular weight is 228 g/mol. The number of halogens is 1. The number of nitrogens with zero attached hydrogens (tertiary/aromatic N) is 2. The lowest BCUT2D eigenvalue weighted by Gasteiger charge is -2.11. The van der Waals surface area contributed by atoms with Crippen molar-refractivity contribution in [2.24, 2.45) is 0 Å². The average Bonchev–Trinajstić information content (AvgIpc) is 2.67. The van der Waals surface area contributed by atoms with Gasteiger partial charge in [-0.25, -0.2) is 9.97 Å². The molecule has 12 heavy (non-hydrogen) atoms. The van der Waals surface area contributed by atoms with Crippen LogP contribution < -0.4 is 5.32 Å². The minimum atomic E-state index is 0.286. The molecule has 4 heteroatoms. The molecular weight excluding hydrogens is 218 g/mol. The van der Waals surface area contributed by atoms with Crippen LogP contribution >= 0.6 is 15.9 Å². The highest BCUT2D eigenvalue weighted by Crippen LogP contribution is 2.37. The highest BCUT2D eigenvalue weighted by atomic mass is 79.9. The van der Waals surface area contributed by atoms with Gasteiger partial charge in [0.1, 0.15) is 16.7 Å². The molecule has 1 heterocycles. The van der Waals surface area contributed by atoms with Gasteiger partial charge in [0.25, 0.3) is 0 Å². The van der Waals surface area contributed by atoms with E-state index in [1.165, 1.54) is 12.8 Å². The number of anilines is 1. The first-order chi connectivity index (χ1) is 5.68. The maximum atomic E-state index is 4.11. The molecule has 0 aromatic carbocycles. The molecule has 64 valence electrons. The van der Waals surface area contributed by atoms with E-state index in [4.69, 9.17) is 0 Å². The van der Waals surface area contributed by atoms with Gasteiger partial charge in [-0.15, -0.1) is 0 Å². The number of nitrogens with one attached hydrogen (secondary N) is 1. The summed E-state index contributed by atoms with van der Waals surface area (Å²) in [4.78, 5) is 8.07. The molecular formula is C8H10BrN3. The zero-order valence-electron chi connectivity index (χ0n) is 6.84. The van der Waals surface area contributed by atoms with E-state index in [0.29, 0.717) is 0 Å². The van der Waals surface area contributed by atoms with Gasteiger partial charge in [0.05, 0.1) is 0 Å². The lowest BCUT2D eigenvalue weighted by atomic mass is 10.3. The summed E-state index contributed by atoms with van der Waals surface area (Å²) in [6.07, 6.45) is 4.02. The van der Waals surface area contributed by atoms with E-state index in [-0.39, 0.29) is 5.54 Å². The van der Waals surface area contributed by atoms with E-state index in [9.17, 15) is 0 Å².